The zero-order chi connectivity index (χ0) is 12.3. The number of hydrogen-bond acceptors (Lipinski definition) is 5. The highest BCUT2D eigenvalue weighted by Crippen LogP contribution is 2.20. The molecule has 6 heteroatoms. The van der Waals surface area contributed by atoms with Gasteiger partial charge in [0.1, 0.15) is 0 Å². The molecule has 0 aliphatic heterocycles. The summed E-state index contributed by atoms with van der Waals surface area (Å²) in [6.07, 6.45) is 0. The van der Waals surface area contributed by atoms with E-state index in [1.807, 2.05) is 31.2 Å². The summed E-state index contributed by atoms with van der Waals surface area (Å²) in [5.74, 6) is 0.696. The van der Waals surface area contributed by atoms with E-state index < -0.39 is 0 Å². The summed E-state index contributed by atoms with van der Waals surface area (Å²) in [5, 5.41) is 11.7. The van der Waals surface area contributed by atoms with E-state index in [0.29, 0.717) is 18.1 Å². The number of hydrogen-bond donors (Lipinski definition) is 1. The minimum atomic E-state index is 0.0754. The Morgan fingerprint density at radius 1 is 1.47 bits per heavy atom. The zero-order valence-corrected chi connectivity index (χ0v) is 9.87. The molecule has 0 spiro atoms. The molecule has 0 aliphatic rings. The maximum Gasteiger partial charge on any atom is 0.182 e. The molecule has 1 unspecified atom stereocenters. The summed E-state index contributed by atoms with van der Waals surface area (Å²) in [6, 6.07) is 7.56. The number of ether oxygens (including phenoxy) is 1. The first kappa shape index (κ1) is 11.5. The lowest BCUT2D eigenvalue weighted by Crippen LogP contribution is -2.14. The largest absolute Gasteiger partial charge is 0.399 e. The van der Waals surface area contributed by atoms with E-state index in [1.165, 1.54) is 0 Å². The normalized spacial score (nSPS) is 12.6. The molecule has 2 aromatic rings. The monoisotopic (exact) mass is 233 g/mol. The lowest BCUT2D eigenvalue weighted by molar-refractivity contribution is 0.156. The van der Waals surface area contributed by atoms with Crippen LogP contribution in [0.15, 0.2) is 24.3 Å². The molecule has 90 valence electrons. The maximum absolute atomic E-state index is 5.75. The smallest absolute Gasteiger partial charge is 0.182 e. The number of benzene rings is 1. The van der Waals surface area contributed by atoms with Crippen molar-refractivity contribution in [3.8, 4) is 11.4 Å². The maximum atomic E-state index is 5.75. The van der Waals surface area contributed by atoms with E-state index in [-0.39, 0.29) is 6.04 Å². The molecular formula is C11H15N5O. The summed E-state index contributed by atoms with van der Waals surface area (Å²) < 4.78 is 6.84. The number of nitrogens with two attached hydrogens (primary N) is 1. The number of aromatic nitrogens is 4. The first-order valence-electron chi connectivity index (χ1n) is 5.35. The van der Waals surface area contributed by atoms with Gasteiger partial charge < -0.3 is 10.5 Å². The fourth-order valence-corrected chi connectivity index (χ4v) is 1.67. The highest BCUT2D eigenvalue weighted by Gasteiger charge is 2.14. The Hall–Kier alpha value is -1.95. The summed E-state index contributed by atoms with van der Waals surface area (Å²) >= 11 is 0. The summed E-state index contributed by atoms with van der Waals surface area (Å²) in [5.41, 5.74) is 7.34. The number of anilines is 1. The predicted molar refractivity (Wildman–Crippen MR) is 64.3 cm³/mol. The van der Waals surface area contributed by atoms with Crippen LogP contribution < -0.4 is 5.73 Å². The second kappa shape index (κ2) is 4.92. The van der Waals surface area contributed by atoms with Crippen LogP contribution in [0.25, 0.3) is 11.4 Å². The third-order valence-electron chi connectivity index (χ3n) is 2.46. The van der Waals surface area contributed by atoms with Crippen LogP contribution in [0, 0.1) is 0 Å². The molecule has 0 saturated carbocycles. The lowest BCUT2D eigenvalue weighted by Gasteiger charge is -2.12. The molecule has 1 atom stereocenters. The fourth-order valence-electron chi connectivity index (χ4n) is 1.67. The van der Waals surface area contributed by atoms with Crippen molar-refractivity contribution in [3.63, 3.8) is 0 Å². The van der Waals surface area contributed by atoms with E-state index in [1.54, 1.807) is 11.8 Å². The number of nitrogen functional groups attached to an aromatic ring is 1. The van der Waals surface area contributed by atoms with Crippen molar-refractivity contribution >= 4 is 5.69 Å². The Morgan fingerprint density at radius 2 is 2.29 bits per heavy atom. The molecular weight excluding hydrogens is 218 g/mol. The van der Waals surface area contributed by atoms with Gasteiger partial charge in [-0.1, -0.05) is 12.1 Å². The van der Waals surface area contributed by atoms with E-state index in [0.717, 1.165) is 5.56 Å². The molecule has 1 aromatic carbocycles. The topological polar surface area (TPSA) is 78.8 Å². The van der Waals surface area contributed by atoms with Crippen molar-refractivity contribution in [2.45, 2.75) is 13.0 Å². The lowest BCUT2D eigenvalue weighted by atomic mass is 10.2. The Balaban J connectivity index is 2.36. The Kier molecular flexibility index (Phi) is 3.34. The van der Waals surface area contributed by atoms with Crippen LogP contribution in [-0.2, 0) is 4.74 Å². The van der Waals surface area contributed by atoms with E-state index in [9.17, 15) is 0 Å². The van der Waals surface area contributed by atoms with Gasteiger partial charge in [-0.05, 0) is 29.5 Å². The van der Waals surface area contributed by atoms with Crippen molar-refractivity contribution in [3.05, 3.63) is 24.3 Å². The first-order valence-corrected chi connectivity index (χ1v) is 5.35. The number of tetrazole rings is 1. The van der Waals surface area contributed by atoms with Crippen LogP contribution in [-0.4, -0.2) is 33.9 Å². The van der Waals surface area contributed by atoms with Crippen molar-refractivity contribution in [2.75, 3.05) is 19.5 Å². The zero-order valence-electron chi connectivity index (χ0n) is 9.87. The van der Waals surface area contributed by atoms with E-state index >= 15 is 0 Å². The molecule has 6 nitrogen and oxygen atoms in total. The standard InChI is InChI=1S/C11H15N5O/c1-8(7-17-2)16-11(13-14-15-16)9-4-3-5-10(12)6-9/h3-6,8H,7,12H2,1-2H3. The molecule has 17 heavy (non-hydrogen) atoms. The van der Waals surface area contributed by atoms with Crippen molar-refractivity contribution < 1.29 is 4.74 Å². The SMILES string of the molecule is COCC(C)n1nnnc1-c1cccc(N)c1. The molecule has 0 saturated heterocycles. The molecule has 0 aliphatic carbocycles. The van der Waals surface area contributed by atoms with Crippen LogP contribution in [0.4, 0.5) is 5.69 Å². The van der Waals surface area contributed by atoms with Crippen molar-refractivity contribution in [1.82, 2.24) is 20.2 Å². The van der Waals surface area contributed by atoms with Crippen molar-refractivity contribution in [2.24, 2.45) is 0 Å². The van der Waals surface area contributed by atoms with Crippen LogP contribution in [0.5, 0.6) is 0 Å². The minimum Gasteiger partial charge on any atom is -0.399 e. The molecule has 0 amide bonds. The third-order valence-corrected chi connectivity index (χ3v) is 2.46. The van der Waals surface area contributed by atoms with Gasteiger partial charge >= 0.3 is 0 Å². The van der Waals surface area contributed by atoms with Gasteiger partial charge in [0, 0.05) is 18.4 Å². The Bertz CT molecular complexity index is 496. The predicted octanol–water partition coefficient (Wildman–Crippen LogP) is 1.13. The highest BCUT2D eigenvalue weighted by atomic mass is 16.5. The molecule has 0 fully saturated rings. The van der Waals surface area contributed by atoms with Gasteiger partial charge in [0.15, 0.2) is 5.82 Å². The van der Waals surface area contributed by atoms with Crippen LogP contribution >= 0.6 is 0 Å². The van der Waals surface area contributed by atoms with Gasteiger partial charge in [-0.2, -0.15) is 0 Å². The summed E-state index contributed by atoms with van der Waals surface area (Å²) in [7, 11) is 1.65. The van der Waals surface area contributed by atoms with Crippen LogP contribution in [0.2, 0.25) is 0 Å². The van der Waals surface area contributed by atoms with Crippen molar-refractivity contribution in [1.29, 1.82) is 0 Å². The minimum absolute atomic E-state index is 0.0754. The van der Waals surface area contributed by atoms with E-state index in [4.69, 9.17) is 10.5 Å². The quantitative estimate of drug-likeness (QED) is 0.801. The van der Waals surface area contributed by atoms with Crippen LogP contribution in [0.3, 0.4) is 0 Å². The molecule has 1 aromatic heterocycles. The van der Waals surface area contributed by atoms with Gasteiger partial charge in [0.2, 0.25) is 0 Å². The fraction of sp³-hybridized carbons (Fsp3) is 0.364. The number of methoxy groups -OCH3 is 1. The van der Waals surface area contributed by atoms with Gasteiger partial charge in [-0.15, -0.1) is 5.10 Å². The average molecular weight is 233 g/mol. The highest BCUT2D eigenvalue weighted by molar-refractivity contribution is 5.60. The van der Waals surface area contributed by atoms with Gasteiger partial charge in [-0.3, -0.25) is 0 Å². The second-order valence-electron chi connectivity index (χ2n) is 3.88. The summed E-state index contributed by atoms with van der Waals surface area (Å²) in [6.45, 7) is 2.55. The molecule has 0 bridgehead atoms. The first-order chi connectivity index (χ1) is 8.22. The molecule has 1 heterocycles. The molecule has 2 rings (SSSR count). The molecule has 0 radical (unpaired) electrons. The van der Waals surface area contributed by atoms with Gasteiger partial charge in [0.25, 0.3) is 0 Å². The third kappa shape index (κ3) is 2.42. The number of rotatable bonds is 4. The van der Waals surface area contributed by atoms with Crippen LogP contribution in [0.1, 0.15) is 13.0 Å². The van der Waals surface area contributed by atoms with E-state index in [2.05, 4.69) is 15.5 Å². The Labute approximate surface area is 99.4 Å². The summed E-state index contributed by atoms with van der Waals surface area (Å²) in [4.78, 5) is 0. The van der Waals surface area contributed by atoms with Gasteiger partial charge in [-0.25, -0.2) is 4.68 Å². The Morgan fingerprint density at radius 3 is 3.00 bits per heavy atom. The number of nitrogens with zero attached hydrogens (tertiary/aromatic N) is 4. The average Bonchev–Trinajstić information content (AvgIpc) is 2.78. The second-order valence-corrected chi connectivity index (χ2v) is 3.88. The molecule has 2 N–H and O–H groups in total. The van der Waals surface area contributed by atoms with Gasteiger partial charge in [0.05, 0.1) is 12.6 Å².